The standard InChI is InChI=1S/C9H8Cl2S2/c10-6-1-2-7(8(11)5-6)9-12-3-4-13-9/h1-2,5,9H,3-4H2. The normalized spacial score (nSPS) is 18.0. The Hall–Kier alpha value is 0.500. The van der Waals surface area contributed by atoms with Gasteiger partial charge in [-0.15, -0.1) is 23.5 Å². The van der Waals surface area contributed by atoms with Gasteiger partial charge in [-0.2, -0.15) is 0 Å². The highest BCUT2D eigenvalue weighted by Gasteiger charge is 2.20. The van der Waals surface area contributed by atoms with Crippen molar-refractivity contribution in [2.75, 3.05) is 11.5 Å². The molecule has 1 aliphatic rings. The number of rotatable bonds is 1. The van der Waals surface area contributed by atoms with Gasteiger partial charge in [-0.1, -0.05) is 29.3 Å². The molecule has 0 amide bonds. The van der Waals surface area contributed by atoms with E-state index in [2.05, 4.69) is 0 Å². The van der Waals surface area contributed by atoms with Gasteiger partial charge in [0.05, 0.1) is 4.58 Å². The summed E-state index contributed by atoms with van der Waals surface area (Å²) in [6, 6.07) is 5.75. The van der Waals surface area contributed by atoms with Crippen molar-refractivity contribution in [3.63, 3.8) is 0 Å². The van der Waals surface area contributed by atoms with Crippen molar-refractivity contribution in [2.45, 2.75) is 4.58 Å². The minimum absolute atomic E-state index is 0.504. The summed E-state index contributed by atoms with van der Waals surface area (Å²) in [7, 11) is 0. The first kappa shape index (κ1) is 10.0. The Morgan fingerprint density at radius 2 is 1.85 bits per heavy atom. The first-order valence-corrected chi connectivity index (χ1v) is 6.81. The maximum absolute atomic E-state index is 6.10. The van der Waals surface area contributed by atoms with Crippen LogP contribution in [0.25, 0.3) is 0 Å². The first-order chi connectivity index (χ1) is 6.27. The maximum atomic E-state index is 6.10. The quantitative estimate of drug-likeness (QED) is 0.722. The van der Waals surface area contributed by atoms with E-state index in [1.165, 1.54) is 17.1 Å². The molecule has 70 valence electrons. The van der Waals surface area contributed by atoms with Gasteiger partial charge in [-0.3, -0.25) is 0 Å². The van der Waals surface area contributed by atoms with E-state index in [0.29, 0.717) is 9.60 Å². The van der Waals surface area contributed by atoms with Crippen LogP contribution in [-0.4, -0.2) is 11.5 Å². The Bertz CT molecular complexity index is 308. The van der Waals surface area contributed by atoms with E-state index in [-0.39, 0.29) is 0 Å². The van der Waals surface area contributed by atoms with Crippen LogP contribution >= 0.6 is 46.7 Å². The maximum Gasteiger partial charge on any atom is 0.0766 e. The summed E-state index contributed by atoms with van der Waals surface area (Å²) in [4.78, 5) is 0. The summed E-state index contributed by atoms with van der Waals surface area (Å²) < 4.78 is 0.504. The van der Waals surface area contributed by atoms with Crippen molar-refractivity contribution < 1.29 is 0 Å². The van der Waals surface area contributed by atoms with Gasteiger partial charge >= 0.3 is 0 Å². The number of thioether (sulfide) groups is 2. The Balaban J connectivity index is 2.29. The fourth-order valence-corrected chi connectivity index (χ4v) is 4.81. The molecule has 1 aromatic rings. The third-order valence-electron chi connectivity index (χ3n) is 1.84. The Kier molecular flexibility index (Phi) is 3.36. The van der Waals surface area contributed by atoms with Crippen molar-refractivity contribution in [3.05, 3.63) is 33.8 Å². The molecule has 0 unspecified atom stereocenters. The lowest BCUT2D eigenvalue weighted by atomic mass is 10.2. The van der Waals surface area contributed by atoms with Gasteiger partial charge in [0.25, 0.3) is 0 Å². The fraction of sp³-hybridized carbons (Fsp3) is 0.333. The van der Waals surface area contributed by atoms with Crippen LogP contribution in [0.5, 0.6) is 0 Å². The molecule has 2 rings (SSSR count). The molecule has 1 aliphatic heterocycles. The second-order valence-corrected chi connectivity index (χ2v) is 6.31. The molecule has 0 bridgehead atoms. The molecule has 0 aromatic heterocycles. The van der Waals surface area contributed by atoms with Crippen LogP contribution in [0.2, 0.25) is 10.0 Å². The van der Waals surface area contributed by atoms with E-state index < -0.39 is 0 Å². The zero-order chi connectivity index (χ0) is 9.26. The minimum Gasteiger partial charge on any atom is -0.142 e. The summed E-state index contributed by atoms with van der Waals surface area (Å²) in [5.74, 6) is 2.43. The molecule has 1 heterocycles. The summed E-state index contributed by atoms with van der Waals surface area (Å²) in [6.07, 6.45) is 0. The van der Waals surface area contributed by atoms with Crippen LogP contribution in [0.3, 0.4) is 0 Å². The van der Waals surface area contributed by atoms with Gasteiger partial charge < -0.3 is 0 Å². The Morgan fingerprint density at radius 3 is 2.46 bits per heavy atom. The molecule has 0 saturated carbocycles. The number of benzene rings is 1. The van der Waals surface area contributed by atoms with Crippen LogP contribution in [0.4, 0.5) is 0 Å². The Labute approximate surface area is 96.4 Å². The van der Waals surface area contributed by atoms with Crippen molar-refractivity contribution in [3.8, 4) is 0 Å². The lowest BCUT2D eigenvalue weighted by molar-refractivity contribution is 1.39. The van der Waals surface area contributed by atoms with E-state index in [0.717, 1.165) is 5.02 Å². The molecule has 0 radical (unpaired) electrons. The van der Waals surface area contributed by atoms with E-state index >= 15 is 0 Å². The predicted octanol–water partition coefficient (Wildman–Crippen LogP) is 4.47. The lowest BCUT2D eigenvalue weighted by Crippen LogP contribution is -1.85. The van der Waals surface area contributed by atoms with E-state index in [4.69, 9.17) is 23.2 Å². The van der Waals surface area contributed by atoms with Crippen LogP contribution < -0.4 is 0 Å². The van der Waals surface area contributed by atoms with Crippen LogP contribution in [0.1, 0.15) is 10.1 Å². The molecule has 0 nitrogen and oxygen atoms in total. The monoisotopic (exact) mass is 250 g/mol. The van der Waals surface area contributed by atoms with Crippen molar-refractivity contribution in [1.29, 1.82) is 0 Å². The smallest absolute Gasteiger partial charge is 0.0766 e. The van der Waals surface area contributed by atoms with Gasteiger partial charge in [0.15, 0.2) is 0 Å². The van der Waals surface area contributed by atoms with Gasteiger partial charge in [0.2, 0.25) is 0 Å². The van der Waals surface area contributed by atoms with Gasteiger partial charge in [-0.25, -0.2) is 0 Å². The number of halogens is 2. The highest BCUT2D eigenvalue weighted by atomic mass is 35.5. The van der Waals surface area contributed by atoms with Crippen LogP contribution in [-0.2, 0) is 0 Å². The molecule has 0 N–H and O–H groups in total. The fourth-order valence-electron chi connectivity index (χ4n) is 1.23. The predicted molar refractivity (Wildman–Crippen MR) is 64.1 cm³/mol. The molecule has 4 heteroatoms. The van der Waals surface area contributed by atoms with Gasteiger partial charge in [-0.05, 0) is 17.7 Å². The Morgan fingerprint density at radius 1 is 1.15 bits per heavy atom. The van der Waals surface area contributed by atoms with Crippen molar-refractivity contribution >= 4 is 46.7 Å². The number of hydrogen-bond acceptors (Lipinski definition) is 2. The second-order valence-electron chi connectivity index (χ2n) is 2.74. The molecular formula is C9H8Cl2S2. The summed E-state index contributed by atoms with van der Waals surface area (Å²) in [5, 5.41) is 1.50. The zero-order valence-electron chi connectivity index (χ0n) is 6.80. The van der Waals surface area contributed by atoms with Gasteiger partial charge in [0.1, 0.15) is 0 Å². The molecule has 13 heavy (non-hydrogen) atoms. The van der Waals surface area contributed by atoms with Crippen LogP contribution in [0, 0.1) is 0 Å². The summed E-state index contributed by atoms with van der Waals surface area (Å²) in [6.45, 7) is 0. The molecule has 1 fully saturated rings. The molecule has 0 spiro atoms. The molecule has 0 aliphatic carbocycles. The van der Waals surface area contributed by atoms with Crippen molar-refractivity contribution in [1.82, 2.24) is 0 Å². The third-order valence-corrected chi connectivity index (χ3v) is 5.47. The highest BCUT2D eigenvalue weighted by molar-refractivity contribution is 8.19. The van der Waals surface area contributed by atoms with Crippen molar-refractivity contribution in [2.24, 2.45) is 0 Å². The zero-order valence-corrected chi connectivity index (χ0v) is 9.94. The van der Waals surface area contributed by atoms with E-state index in [1.54, 1.807) is 0 Å². The SMILES string of the molecule is Clc1ccc(C2SCCS2)c(Cl)c1. The average molecular weight is 251 g/mol. The highest BCUT2D eigenvalue weighted by Crippen LogP contribution is 2.47. The van der Waals surface area contributed by atoms with E-state index in [1.807, 2.05) is 41.7 Å². The molecule has 0 atom stereocenters. The molecular weight excluding hydrogens is 243 g/mol. The lowest BCUT2D eigenvalue weighted by Gasteiger charge is -2.10. The number of hydrogen-bond donors (Lipinski definition) is 0. The molecule has 1 aromatic carbocycles. The first-order valence-electron chi connectivity index (χ1n) is 3.95. The van der Waals surface area contributed by atoms with Gasteiger partial charge in [0, 0.05) is 21.6 Å². The van der Waals surface area contributed by atoms with E-state index in [9.17, 15) is 0 Å². The summed E-state index contributed by atoms with van der Waals surface area (Å²) >= 11 is 15.8. The minimum atomic E-state index is 0.504. The second kappa shape index (κ2) is 4.35. The molecule has 1 saturated heterocycles. The summed E-state index contributed by atoms with van der Waals surface area (Å²) in [5.41, 5.74) is 1.21. The largest absolute Gasteiger partial charge is 0.142 e. The van der Waals surface area contributed by atoms with Crippen LogP contribution in [0.15, 0.2) is 18.2 Å². The topological polar surface area (TPSA) is 0 Å². The average Bonchev–Trinajstić information content (AvgIpc) is 2.56. The third kappa shape index (κ3) is 2.30.